The smallest absolute Gasteiger partial charge is 0.252 e. The molecule has 2 N–H and O–H groups in total. The van der Waals surface area contributed by atoms with E-state index < -0.39 is 0 Å². The van der Waals surface area contributed by atoms with Crippen molar-refractivity contribution in [3.8, 4) is 11.9 Å². The van der Waals surface area contributed by atoms with Crippen LogP contribution in [-0.4, -0.2) is 19.7 Å². The first-order valence-electron chi connectivity index (χ1n) is 3.94. The third kappa shape index (κ3) is 1.73. The number of nitrogen functional groups attached to an aromatic ring is 1. The van der Waals surface area contributed by atoms with Crippen molar-refractivity contribution in [1.82, 2.24) is 19.7 Å². The molecule has 2 aromatic heterocycles. The molecule has 74 valence electrons. The summed E-state index contributed by atoms with van der Waals surface area (Å²) in [4.78, 5) is 7.73. The average Bonchev–Trinajstić information content (AvgIpc) is 2.66. The van der Waals surface area contributed by atoms with E-state index in [0.29, 0.717) is 16.5 Å². The number of hydrogen-bond donors (Lipinski definition) is 1. The number of anilines is 1. The second-order valence-corrected chi connectivity index (χ2v) is 3.13. The molecule has 0 saturated heterocycles. The summed E-state index contributed by atoms with van der Waals surface area (Å²) in [6, 6.07) is 3.36. The van der Waals surface area contributed by atoms with Gasteiger partial charge >= 0.3 is 0 Å². The third-order valence-corrected chi connectivity index (χ3v) is 1.88. The minimum Gasteiger partial charge on any atom is -0.396 e. The van der Waals surface area contributed by atoms with E-state index in [2.05, 4.69) is 15.1 Å². The van der Waals surface area contributed by atoms with E-state index >= 15 is 0 Å². The number of hydrogen-bond acceptors (Lipinski definition) is 5. The van der Waals surface area contributed by atoms with Gasteiger partial charge in [-0.2, -0.15) is 9.94 Å². The molecule has 0 aromatic carbocycles. The van der Waals surface area contributed by atoms with Crippen molar-refractivity contribution < 1.29 is 0 Å². The highest BCUT2D eigenvalue weighted by Gasteiger charge is 2.07. The lowest BCUT2D eigenvalue weighted by molar-refractivity contribution is 0.843. The van der Waals surface area contributed by atoms with E-state index in [0.717, 1.165) is 0 Å². The zero-order valence-corrected chi connectivity index (χ0v) is 8.18. The molecule has 2 rings (SSSR count). The number of halogens is 1. The van der Waals surface area contributed by atoms with E-state index in [4.69, 9.17) is 22.6 Å². The molecule has 7 heteroatoms. The van der Waals surface area contributed by atoms with Crippen molar-refractivity contribution in [2.45, 2.75) is 0 Å². The van der Waals surface area contributed by atoms with Crippen LogP contribution in [0.4, 0.5) is 5.69 Å². The van der Waals surface area contributed by atoms with Gasteiger partial charge in [0.05, 0.1) is 10.7 Å². The van der Waals surface area contributed by atoms with Crippen molar-refractivity contribution in [2.75, 3.05) is 5.73 Å². The van der Waals surface area contributed by atoms with Gasteiger partial charge in [0, 0.05) is 6.20 Å². The normalized spacial score (nSPS) is 9.87. The second kappa shape index (κ2) is 3.55. The van der Waals surface area contributed by atoms with E-state index in [1.807, 2.05) is 6.07 Å². The topological polar surface area (TPSA) is 93.4 Å². The first kappa shape index (κ1) is 9.43. The minimum atomic E-state index is 0.0613. The summed E-state index contributed by atoms with van der Waals surface area (Å²) in [6.45, 7) is 0. The molecule has 0 aliphatic heterocycles. The molecule has 6 nitrogen and oxygen atoms in total. The van der Waals surface area contributed by atoms with Crippen LogP contribution in [0.3, 0.4) is 0 Å². The Bertz CT molecular complexity index is 540. The van der Waals surface area contributed by atoms with Crippen LogP contribution in [0, 0.1) is 11.3 Å². The molecule has 0 saturated carbocycles. The monoisotopic (exact) mass is 220 g/mol. The van der Waals surface area contributed by atoms with Gasteiger partial charge in [-0.05, 0) is 6.07 Å². The molecule has 0 unspecified atom stereocenters. The Morgan fingerprint density at radius 3 is 2.87 bits per heavy atom. The maximum absolute atomic E-state index is 8.55. The number of rotatable bonds is 1. The highest BCUT2D eigenvalue weighted by molar-refractivity contribution is 6.30. The van der Waals surface area contributed by atoms with Crippen LogP contribution in [-0.2, 0) is 0 Å². The van der Waals surface area contributed by atoms with Crippen LogP contribution in [0.25, 0.3) is 5.82 Å². The third-order valence-electron chi connectivity index (χ3n) is 1.67. The van der Waals surface area contributed by atoms with Crippen LogP contribution < -0.4 is 5.73 Å². The van der Waals surface area contributed by atoms with Crippen LogP contribution in [0.1, 0.15) is 5.82 Å². The quantitative estimate of drug-likeness (QED) is 0.766. The fourth-order valence-corrected chi connectivity index (χ4v) is 1.22. The van der Waals surface area contributed by atoms with Crippen molar-refractivity contribution in [1.29, 1.82) is 5.26 Å². The van der Waals surface area contributed by atoms with Crippen molar-refractivity contribution in [3.63, 3.8) is 0 Å². The van der Waals surface area contributed by atoms with Crippen LogP contribution in [0.2, 0.25) is 5.02 Å². The maximum Gasteiger partial charge on any atom is 0.252 e. The Morgan fingerprint density at radius 2 is 2.27 bits per heavy atom. The Balaban J connectivity index is 2.50. The lowest BCUT2D eigenvalue weighted by Crippen LogP contribution is -2.03. The summed E-state index contributed by atoms with van der Waals surface area (Å²) >= 11 is 5.70. The predicted molar refractivity (Wildman–Crippen MR) is 53.3 cm³/mol. The van der Waals surface area contributed by atoms with E-state index in [1.54, 1.807) is 6.07 Å². The van der Waals surface area contributed by atoms with E-state index in [-0.39, 0.29) is 5.82 Å². The molecule has 2 aromatic rings. The Kier molecular flexibility index (Phi) is 2.23. The molecule has 0 radical (unpaired) electrons. The maximum atomic E-state index is 8.55. The largest absolute Gasteiger partial charge is 0.396 e. The molecule has 0 amide bonds. The molecule has 0 aliphatic rings. The molecular weight excluding hydrogens is 216 g/mol. The fourth-order valence-electron chi connectivity index (χ4n) is 1.06. The predicted octanol–water partition coefficient (Wildman–Crippen LogP) is 0.770. The van der Waals surface area contributed by atoms with Gasteiger partial charge in [0.25, 0.3) is 5.82 Å². The van der Waals surface area contributed by atoms with Gasteiger partial charge in [0.1, 0.15) is 12.4 Å². The summed E-state index contributed by atoms with van der Waals surface area (Å²) in [5, 5.41) is 12.8. The molecule has 15 heavy (non-hydrogen) atoms. The zero-order valence-electron chi connectivity index (χ0n) is 7.42. The van der Waals surface area contributed by atoms with E-state index in [9.17, 15) is 0 Å². The number of nitriles is 1. The Morgan fingerprint density at radius 1 is 1.47 bits per heavy atom. The van der Waals surface area contributed by atoms with Crippen molar-refractivity contribution in [3.05, 3.63) is 29.4 Å². The summed E-state index contributed by atoms with van der Waals surface area (Å²) in [5.41, 5.74) is 6.06. The second-order valence-electron chi connectivity index (χ2n) is 2.69. The highest BCUT2D eigenvalue weighted by atomic mass is 35.5. The summed E-state index contributed by atoms with van der Waals surface area (Å²) < 4.78 is 1.32. The summed E-state index contributed by atoms with van der Waals surface area (Å²) in [7, 11) is 0. The number of aromatic nitrogens is 4. The molecule has 0 aliphatic carbocycles. The van der Waals surface area contributed by atoms with Gasteiger partial charge in [-0.1, -0.05) is 11.6 Å². The summed E-state index contributed by atoms with van der Waals surface area (Å²) in [6.07, 6.45) is 2.81. The molecule has 0 fully saturated rings. The number of pyridine rings is 1. The van der Waals surface area contributed by atoms with E-state index in [1.165, 1.54) is 17.2 Å². The van der Waals surface area contributed by atoms with Gasteiger partial charge in [-0.15, -0.1) is 5.10 Å². The first-order chi connectivity index (χ1) is 7.20. The number of nitrogens with two attached hydrogens (primary N) is 1. The first-order valence-corrected chi connectivity index (χ1v) is 4.31. The standard InChI is InChI=1S/C8H5ClN6/c9-5-1-6(11)8(12-3-5)15-4-13-7(2-10)14-15/h1,3-4H,11H2. The van der Waals surface area contributed by atoms with Crippen LogP contribution >= 0.6 is 11.6 Å². The molecule has 2 heterocycles. The van der Waals surface area contributed by atoms with Crippen LogP contribution in [0.5, 0.6) is 0 Å². The highest BCUT2D eigenvalue weighted by Crippen LogP contribution is 2.17. The van der Waals surface area contributed by atoms with Gasteiger partial charge in [-0.3, -0.25) is 0 Å². The summed E-state index contributed by atoms with van der Waals surface area (Å²) in [5.74, 6) is 0.458. The minimum absolute atomic E-state index is 0.0613. The van der Waals surface area contributed by atoms with Gasteiger partial charge in [0.15, 0.2) is 5.82 Å². The van der Waals surface area contributed by atoms with Gasteiger partial charge in [0.2, 0.25) is 0 Å². The van der Waals surface area contributed by atoms with Gasteiger partial charge in [-0.25, -0.2) is 9.97 Å². The van der Waals surface area contributed by atoms with Crippen molar-refractivity contribution in [2.24, 2.45) is 0 Å². The Labute approximate surface area is 89.9 Å². The van der Waals surface area contributed by atoms with Crippen LogP contribution in [0.15, 0.2) is 18.6 Å². The lowest BCUT2D eigenvalue weighted by atomic mass is 10.4. The molecule has 0 spiro atoms. The lowest BCUT2D eigenvalue weighted by Gasteiger charge is -2.02. The van der Waals surface area contributed by atoms with Gasteiger partial charge < -0.3 is 5.73 Å². The molecular formula is C8H5ClN6. The Hall–Kier alpha value is -2.13. The fraction of sp³-hybridized carbons (Fsp3) is 0. The molecule has 0 atom stereocenters. The molecule has 0 bridgehead atoms. The zero-order chi connectivity index (χ0) is 10.8. The van der Waals surface area contributed by atoms with Crippen molar-refractivity contribution >= 4 is 17.3 Å². The average molecular weight is 221 g/mol. The number of nitrogens with zero attached hydrogens (tertiary/aromatic N) is 5. The SMILES string of the molecule is N#Cc1ncn(-c2ncc(Cl)cc2N)n1.